The number of amides is 2. The fourth-order valence-corrected chi connectivity index (χ4v) is 2.31. The van der Waals surface area contributed by atoms with Gasteiger partial charge in [0.1, 0.15) is 0 Å². The summed E-state index contributed by atoms with van der Waals surface area (Å²) < 4.78 is 0. The van der Waals surface area contributed by atoms with Gasteiger partial charge in [-0.05, 0) is 28.5 Å². The van der Waals surface area contributed by atoms with Gasteiger partial charge in [-0.1, -0.05) is 60.7 Å². The maximum Gasteiger partial charge on any atom is 0.280 e. The van der Waals surface area contributed by atoms with Crippen molar-refractivity contribution in [3.63, 3.8) is 0 Å². The molecule has 0 aliphatic rings. The largest absolute Gasteiger partial charge is 0.280 e. The molecule has 0 saturated carbocycles. The number of benzene rings is 3. The molecular weight excluding hydrogens is 274 g/mol. The van der Waals surface area contributed by atoms with Crippen molar-refractivity contribution in [3.8, 4) is 0 Å². The van der Waals surface area contributed by atoms with Crippen LogP contribution in [0.3, 0.4) is 0 Å². The number of imide groups is 1. The Labute approximate surface area is 128 Å². The number of fused-ring (bicyclic) bond motifs is 1. The molecule has 0 N–H and O–H groups in total. The smallest absolute Gasteiger partial charge is 0.272 e. The minimum absolute atomic E-state index is 0.139. The number of carbonyl (C=O) groups excluding carboxylic acids is 2. The zero-order valence-electron chi connectivity index (χ0n) is 11.9. The lowest BCUT2D eigenvalue weighted by Crippen LogP contribution is -2.24. The first-order valence-electron chi connectivity index (χ1n) is 7.04. The quantitative estimate of drug-likeness (QED) is 0.742. The Morgan fingerprint density at radius 1 is 0.773 bits per heavy atom. The van der Waals surface area contributed by atoms with E-state index in [9.17, 15) is 9.59 Å². The highest BCUT2D eigenvalue weighted by molar-refractivity contribution is 6.06. The molecule has 0 fully saturated rings. The maximum absolute atomic E-state index is 12.1. The summed E-state index contributed by atoms with van der Waals surface area (Å²) in [5, 5.41) is 5.68. The van der Waals surface area contributed by atoms with Crippen LogP contribution in [-0.4, -0.2) is 11.8 Å². The van der Waals surface area contributed by atoms with Gasteiger partial charge < -0.3 is 0 Å². The summed E-state index contributed by atoms with van der Waals surface area (Å²) in [5.41, 5.74) is 1.28. The maximum atomic E-state index is 12.1. The molecule has 3 aromatic rings. The Hall–Kier alpha value is -2.94. The molecule has 3 aromatic carbocycles. The molecule has 0 heterocycles. The first-order valence-corrected chi connectivity index (χ1v) is 7.04. The average molecular weight is 288 g/mol. The summed E-state index contributed by atoms with van der Waals surface area (Å²) in [6, 6.07) is 22.3. The predicted octanol–water partition coefficient (Wildman–Crippen LogP) is 3.35. The summed E-state index contributed by atoms with van der Waals surface area (Å²) in [6.07, 6.45) is 0.139. The van der Waals surface area contributed by atoms with Crippen LogP contribution in [0.25, 0.3) is 10.8 Å². The van der Waals surface area contributed by atoms with Crippen LogP contribution in [0.4, 0.5) is 0 Å². The van der Waals surface area contributed by atoms with Crippen molar-refractivity contribution in [2.24, 2.45) is 0 Å². The van der Waals surface area contributed by atoms with Gasteiger partial charge in [0.2, 0.25) is 0 Å². The third-order valence-corrected chi connectivity index (χ3v) is 3.42. The summed E-state index contributed by atoms with van der Waals surface area (Å²) >= 11 is 0. The van der Waals surface area contributed by atoms with Crippen molar-refractivity contribution in [2.75, 3.05) is 0 Å². The Kier molecular flexibility index (Phi) is 3.97. The standard InChI is InChI=1S/C19H14NO2/c21-18(12-14-6-2-1-3-7-14)20-19(22)17-11-10-15-8-4-5-9-16(15)13-17/h1-11,13H,12H2. The zero-order valence-corrected chi connectivity index (χ0v) is 11.9. The Morgan fingerprint density at radius 2 is 1.45 bits per heavy atom. The molecule has 107 valence electrons. The molecule has 0 atom stereocenters. The SMILES string of the molecule is O=C(Cc1ccccc1)[N]C(=O)c1ccc2ccccc2c1. The second-order valence-corrected chi connectivity index (χ2v) is 5.03. The van der Waals surface area contributed by atoms with E-state index in [2.05, 4.69) is 5.32 Å². The number of carbonyl (C=O) groups is 2. The summed E-state index contributed by atoms with van der Waals surface area (Å²) in [4.78, 5) is 24.0. The van der Waals surface area contributed by atoms with Gasteiger partial charge in [-0.2, -0.15) is 5.32 Å². The molecule has 0 saturated heterocycles. The minimum atomic E-state index is -0.494. The van der Waals surface area contributed by atoms with E-state index in [0.717, 1.165) is 16.3 Å². The van der Waals surface area contributed by atoms with Crippen molar-refractivity contribution in [1.82, 2.24) is 5.32 Å². The number of hydrogen-bond donors (Lipinski definition) is 0. The van der Waals surface area contributed by atoms with Gasteiger partial charge in [-0.15, -0.1) is 0 Å². The van der Waals surface area contributed by atoms with E-state index < -0.39 is 11.8 Å². The van der Waals surface area contributed by atoms with Gasteiger partial charge in [0.05, 0.1) is 6.42 Å². The molecule has 3 rings (SSSR count). The molecule has 0 aliphatic heterocycles. The molecule has 0 unspecified atom stereocenters. The molecule has 0 aromatic heterocycles. The average Bonchev–Trinajstić information content (AvgIpc) is 2.55. The van der Waals surface area contributed by atoms with E-state index in [-0.39, 0.29) is 6.42 Å². The molecule has 1 radical (unpaired) electrons. The molecule has 0 bridgehead atoms. The van der Waals surface area contributed by atoms with Crippen molar-refractivity contribution in [3.05, 3.63) is 83.9 Å². The fraction of sp³-hybridized carbons (Fsp3) is 0.0526. The highest BCUT2D eigenvalue weighted by Crippen LogP contribution is 2.15. The van der Waals surface area contributed by atoms with Crippen LogP contribution in [0.2, 0.25) is 0 Å². The summed E-state index contributed by atoms with van der Waals surface area (Å²) in [7, 11) is 0. The van der Waals surface area contributed by atoms with E-state index in [1.807, 2.05) is 60.7 Å². The highest BCUT2D eigenvalue weighted by atomic mass is 16.2. The molecule has 3 nitrogen and oxygen atoms in total. The first-order chi connectivity index (χ1) is 10.7. The van der Waals surface area contributed by atoms with Crippen molar-refractivity contribution >= 4 is 22.6 Å². The van der Waals surface area contributed by atoms with Crippen molar-refractivity contribution in [2.45, 2.75) is 6.42 Å². The van der Waals surface area contributed by atoms with E-state index in [1.165, 1.54) is 0 Å². The van der Waals surface area contributed by atoms with Crippen molar-refractivity contribution < 1.29 is 9.59 Å². The van der Waals surface area contributed by atoms with Crippen LogP contribution < -0.4 is 5.32 Å². The second-order valence-electron chi connectivity index (χ2n) is 5.03. The van der Waals surface area contributed by atoms with Gasteiger partial charge in [0, 0.05) is 5.56 Å². The van der Waals surface area contributed by atoms with E-state index in [1.54, 1.807) is 12.1 Å². The molecule has 0 spiro atoms. The lowest BCUT2D eigenvalue weighted by atomic mass is 10.1. The van der Waals surface area contributed by atoms with Crippen LogP contribution in [0.15, 0.2) is 72.8 Å². The zero-order chi connectivity index (χ0) is 15.4. The molecule has 3 heteroatoms. The number of rotatable bonds is 3. The molecule has 0 aliphatic carbocycles. The van der Waals surface area contributed by atoms with E-state index in [0.29, 0.717) is 5.56 Å². The second kappa shape index (κ2) is 6.22. The molecular formula is C19H14NO2. The van der Waals surface area contributed by atoms with Crippen LogP contribution in [0.1, 0.15) is 15.9 Å². The Bertz CT molecular complexity index is 825. The third-order valence-electron chi connectivity index (χ3n) is 3.42. The molecule has 22 heavy (non-hydrogen) atoms. The summed E-state index contributed by atoms with van der Waals surface area (Å²) in [6.45, 7) is 0. The monoisotopic (exact) mass is 288 g/mol. The lowest BCUT2D eigenvalue weighted by Gasteiger charge is -2.03. The first kappa shape index (κ1) is 14.0. The van der Waals surface area contributed by atoms with Gasteiger partial charge in [-0.25, -0.2) is 0 Å². The van der Waals surface area contributed by atoms with E-state index >= 15 is 0 Å². The van der Waals surface area contributed by atoms with Crippen molar-refractivity contribution in [1.29, 1.82) is 0 Å². The van der Waals surface area contributed by atoms with Gasteiger partial charge in [0.25, 0.3) is 11.8 Å². The molecule has 2 amide bonds. The predicted molar refractivity (Wildman–Crippen MR) is 85.6 cm³/mol. The van der Waals surface area contributed by atoms with Crippen LogP contribution >= 0.6 is 0 Å². The fourth-order valence-electron chi connectivity index (χ4n) is 2.31. The Balaban J connectivity index is 1.71. The number of nitrogens with zero attached hydrogens (tertiary/aromatic N) is 1. The Morgan fingerprint density at radius 3 is 2.23 bits per heavy atom. The van der Waals surface area contributed by atoms with E-state index in [4.69, 9.17) is 0 Å². The lowest BCUT2D eigenvalue weighted by molar-refractivity contribution is -0.119. The normalized spacial score (nSPS) is 10.4. The number of hydrogen-bond acceptors (Lipinski definition) is 2. The minimum Gasteiger partial charge on any atom is -0.272 e. The van der Waals surface area contributed by atoms with Gasteiger partial charge in [0.15, 0.2) is 0 Å². The highest BCUT2D eigenvalue weighted by Gasteiger charge is 2.13. The topological polar surface area (TPSA) is 48.2 Å². The van der Waals surface area contributed by atoms with Gasteiger partial charge >= 0.3 is 0 Å². The van der Waals surface area contributed by atoms with Crippen LogP contribution in [0.5, 0.6) is 0 Å². The van der Waals surface area contributed by atoms with Crippen LogP contribution in [0, 0.1) is 0 Å². The summed E-state index contributed by atoms with van der Waals surface area (Å²) in [5.74, 6) is -0.920. The van der Waals surface area contributed by atoms with Crippen LogP contribution in [-0.2, 0) is 11.2 Å². The third kappa shape index (κ3) is 3.20. The van der Waals surface area contributed by atoms with Gasteiger partial charge in [-0.3, -0.25) is 9.59 Å².